The molecule has 5 aromatic rings. The maximum Gasteiger partial charge on any atom is 0.181 e. The molecule has 0 radical (unpaired) electrons. The number of aromatic nitrogens is 6. The quantitative estimate of drug-likeness (QED) is 0.295. The van der Waals surface area contributed by atoms with E-state index in [1.165, 1.54) is 0 Å². The van der Waals surface area contributed by atoms with E-state index in [0.29, 0.717) is 18.0 Å². The molecule has 0 bridgehead atoms. The summed E-state index contributed by atoms with van der Waals surface area (Å²) in [5, 5.41) is 11.8. The fraction of sp³-hybridized carbons (Fsp3) is 0.300. The Labute approximate surface area is 236 Å². The SMILES string of the molecule is CN(C)Cc1cncc(-c2cnc3n[nH]c(-c4nc5c([nH]4)CN=CC5c4cc(F)cc(N5CCNCC5)c4)c3c2)c1. The summed E-state index contributed by atoms with van der Waals surface area (Å²) in [5.41, 5.74) is 7.91. The largest absolute Gasteiger partial charge is 0.369 e. The van der Waals surface area contributed by atoms with Crippen molar-refractivity contribution in [3.8, 4) is 22.6 Å². The highest BCUT2D eigenvalue weighted by atomic mass is 19.1. The van der Waals surface area contributed by atoms with Gasteiger partial charge in [-0.25, -0.2) is 14.4 Å². The Hall–Kier alpha value is -4.48. The first-order valence-electron chi connectivity index (χ1n) is 13.8. The first-order valence-corrected chi connectivity index (χ1v) is 13.8. The lowest BCUT2D eigenvalue weighted by atomic mass is 9.93. The smallest absolute Gasteiger partial charge is 0.181 e. The predicted octanol–water partition coefficient (Wildman–Crippen LogP) is 3.74. The van der Waals surface area contributed by atoms with E-state index < -0.39 is 0 Å². The van der Waals surface area contributed by atoms with E-state index in [-0.39, 0.29) is 11.7 Å². The van der Waals surface area contributed by atoms with Crippen LogP contribution in [0.5, 0.6) is 0 Å². The topological polar surface area (TPSA) is 114 Å². The standard InChI is InChI=1S/C30H31FN10/c1-40(2)17-18-7-20(13-33-12-18)21-10-24-28(38-39-29(24)35-14-21)30-36-26-16-34-15-25(27(26)37-30)19-8-22(31)11-23(9-19)41-5-3-32-4-6-41/h7-15,25,32H,3-6,16-17H2,1-2H3,(H,36,37)(H,35,38,39). The second-order valence-corrected chi connectivity index (χ2v) is 10.9. The Morgan fingerprint density at radius 2 is 1.88 bits per heavy atom. The van der Waals surface area contributed by atoms with Crippen molar-refractivity contribution in [2.45, 2.75) is 19.0 Å². The number of hydrogen-bond acceptors (Lipinski definition) is 8. The van der Waals surface area contributed by atoms with Gasteiger partial charge >= 0.3 is 0 Å². The number of nitrogens with zero attached hydrogens (tertiary/aromatic N) is 7. The highest BCUT2D eigenvalue weighted by molar-refractivity contribution is 5.92. The zero-order valence-electron chi connectivity index (χ0n) is 23.0. The van der Waals surface area contributed by atoms with Crippen molar-refractivity contribution in [1.82, 2.24) is 40.3 Å². The number of halogens is 1. The van der Waals surface area contributed by atoms with Crippen LogP contribution in [0.2, 0.25) is 0 Å². The van der Waals surface area contributed by atoms with E-state index in [4.69, 9.17) is 4.98 Å². The van der Waals surface area contributed by atoms with E-state index in [2.05, 4.69) is 63.5 Å². The molecule has 7 rings (SSSR count). The first-order chi connectivity index (χ1) is 20.0. The van der Waals surface area contributed by atoms with Crippen LogP contribution in [0.4, 0.5) is 10.1 Å². The molecule has 0 aliphatic carbocycles. The Morgan fingerprint density at radius 1 is 1.02 bits per heavy atom. The molecular formula is C30H31FN10. The van der Waals surface area contributed by atoms with Gasteiger partial charge in [0.15, 0.2) is 11.5 Å². The third-order valence-electron chi connectivity index (χ3n) is 7.63. The molecule has 41 heavy (non-hydrogen) atoms. The third kappa shape index (κ3) is 4.98. The number of imidazole rings is 1. The van der Waals surface area contributed by atoms with Gasteiger partial charge in [-0.05, 0) is 55.6 Å². The van der Waals surface area contributed by atoms with Crippen molar-refractivity contribution in [2.75, 3.05) is 45.2 Å². The van der Waals surface area contributed by atoms with Gasteiger partial charge in [-0.1, -0.05) is 0 Å². The summed E-state index contributed by atoms with van der Waals surface area (Å²) in [7, 11) is 4.08. The van der Waals surface area contributed by atoms with Crippen LogP contribution in [0.25, 0.3) is 33.7 Å². The van der Waals surface area contributed by atoms with Crippen LogP contribution in [0, 0.1) is 5.82 Å². The van der Waals surface area contributed by atoms with Gasteiger partial charge in [-0.3, -0.25) is 15.1 Å². The summed E-state index contributed by atoms with van der Waals surface area (Å²) in [4.78, 5) is 26.4. The number of pyridine rings is 2. The summed E-state index contributed by atoms with van der Waals surface area (Å²) in [6.07, 6.45) is 7.43. The van der Waals surface area contributed by atoms with Crippen LogP contribution in [-0.2, 0) is 13.1 Å². The number of nitrogens with one attached hydrogen (secondary N) is 3. The van der Waals surface area contributed by atoms with Crippen molar-refractivity contribution >= 4 is 22.9 Å². The van der Waals surface area contributed by atoms with Gasteiger partial charge in [0.2, 0.25) is 0 Å². The summed E-state index contributed by atoms with van der Waals surface area (Å²) in [6.45, 7) is 4.75. The minimum Gasteiger partial charge on any atom is -0.369 e. The number of piperazine rings is 1. The zero-order chi connectivity index (χ0) is 27.9. The van der Waals surface area contributed by atoms with E-state index in [9.17, 15) is 4.39 Å². The number of anilines is 1. The van der Waals surface area contributed by atoms with Crippen LogP contribution in [0.3, 0.4) is 0 Å². The maximum absolute atomic E-state index is 14.8. The molecule has 0 spiro atoms. The van der Waals surface area contributed by atoms with Gasteiger partial charge in [0, 0.05) is 74.3 Å². The minimum atomic E-state index is -0.255. The first kappa shape index (κ1) is 25.5. The number of H-pyrrole nitrogens is 2. The van der Waals surface area contributed by atoms with E-state index in [1.54, 1.807) is 12.1 Å². The Morgan fingerprint density at radius 3 is 2.73 bits per heavy atom. The molecule has 3 N–H and O–H groups in total. The summed E-state index contributed by atoms with van der Waals surface area (Å²) < 4.78 is 14.8. The molecule has 2 aliphatic rings. The minimum absolute atomic E-state index is 0.255. The Kier molecular flexibility index (Phi) is 6.52. The lowest BCUT2D eigenvalue weighted by Gasteiger charge is -2.30. The van der Waals surface area contributed by atoms with E-state index >= 15 is 0 Å². The summed E-state index contributed by atoms with van der Waals surface area (Å²) in [5.74, 6) is 0.147. The Bertz CT molecular complexity index is 1750. The molecule has 11 heteroatoms. The highest BCUT2D eigenvalue weighted by Gasteiger charge is 2.26. The third-order valence-corrected chi connectivity index (χ3v) is 7.63. The lowest BCUT2D eigenvalue weighted by molar-refractivity contribution is 0.402. The number of aromatic amines is 2. The molecule has 1 aromatic carbocycles. The second kappa shape index (κ2) is 10.5. The van der Waals surface area contributed by atoms with Crippen LogP contribution in [0.15, 0.2) is 53.9 Å². The molecule has 1 saturated heterocycles. The Balaban J connectivity index is 1.24. The van der Waals surface area contributed by atoms with Crippen molar-refractivity contribution in [3.63, 3.8) is 0 Å². The number of aliphatic imine (C=N–C) groups is 1. The van der Waals surface area contributed by atoms with Crippen LogP contribution >= 0.6 is 0 Å². The van der Waals surface area contributed by atoms with Gasteiger partial charge in [0.05, 0.1) is 29.2 Å². The van der Waals surface area contributed by atoms with Gasteiger partial charge in [0.1, 0.15) is 11.5 Å². The molecule has 6 heterocycles. The normalized spacial score (nSPS) is 17.0. The van der Waals surface area contributed by atoms with Gasteiger partial charge in [-0.15, -0.1) is 0 Å². The average Bonchev–Trinajstić information content (AvgIpc) is 3.61. The molecule has 1 unspecified atom stereocenters. The molecule has 4 aromatic heterocycles. The molecular weight excluding hydrogens is 519 g/mol. The summed E-state index contributed by atoms with van der Waals surface area (Å²) >= 11 is 0. The van der Waals surface area contributed by atoms with Gasteiger partial charge < -0.3 is 20.1 Å². The van der Waals surface area contributed by atoms with Crippen molar-refractivity contribution in [2.24, 2.45) is 4.99 Å². The second-order valence-electron chi connectivity index (χ2n) is 10.9. The van der Waals surface area contributed by atoms with Gasteiger partial charge in [-0.2, -0.15) is 5.10 Å². The monoisotopic (exact) mass is 550 g/mol. The lowest BCUT2D eigenvalue weighted by Crippen LogP contribution is -2.43. The number of fused-ring (bicyclic) bond motifs is 2. The number of hydrogen-bond donors (Lipinski definition) is 3. The van der Waals surface area contributed by atoms with Crippen LogP contribution in [0.1, 0.15) is 28.4 Å². The van der Waals surface area contributed by atoms with Crippen LogP contribution in [-0.4, -0.2) is 81.5 Å². The maximum atomic E-state index is 14.8. The molecule has 208 valence electrons. The molecule has 1 fully saturated rings. The average molecular weight is 551 g/mol. The zero-order valence-corrected chi connectivity index (χ0v) is 23.0. The van der Waals surface area contributed by atoms with E-state index in [0.717, 1.165) is 83.1 Å². The molecule has 1 atom stereocenters. The number of benzene rings is 1. The van der Waals surface area contributed by atoms with Crippen molar-refractivity contribution in [1.29, 1.82) is 0 Å². The van der Waals surface area contributed by atoms with E-state index in [1.807, 2.05) is 38.9 Å². The van der Waals surface area contributed by atoms with Crippen LogP contribution < -0.4 is 10.2 Å². The molecule has 2 aliphatic heterocycles. The number of rotatable bonds is 6. The van der Waals surface area contributed by atoms with Gasteiger partial charge in [0.25, 0.3) is 0 Å². The van der Waals surface area contributed by atoms with Crippen molar-refractivity contribution in [3.05, 3.63) is 77.3 Å². The highest BCUT2D eigenvalue weighted by Crippen LogP contribution is 2.35. The van der Waals surface area contributed by atoms with Crippen molar-refractivity contribution < 1.29 is 4.39 Å². The molecule has 0 amide bonds. The molecule has 10 nitrogen and oxygen atoms in total. The fourth-order valence-electron chi connectivity index (χ4n) is 5.70. The predicted molar refractivity (Wildman–Crippen MR) is 158 cm³/mol. The fourth-order valence-corrected chi connectivity index (χ4v) is 5.70. The summed E-state index contributed by atoms with van der Waals surface area (Å²) in [6, 6.07) is 9.47. The molecule has 0 saturated carbocycles.